The van der Waals surface area contributed by atoms with Crippen molar-refractivity contribution >= 4 is 5.78 Å². The van der Waals surface area contributed by atoms with Gasteiger partial charge >= 0.3 is 0 Å². The predicted molar refractivity (Wildman–Crippen MR) is 295 cm³/mol. The third kappa shape index (κ3) is 10.9. The van der Waals surface area contributed by atoms with Gasteiger partial charge in [0.2, 0.25) is 13.6 Å². The van der Waals surface area contributed by atoms with E-state index < -0.39 is 0 Å². The molecule has 2 aromatic heterocycles. The fraction of sp³-hybridized carbons (Fsp3) is 0.413. The molecule has 12 rings (SSSR count). The summed E-state index contributed by atoms with van der Waals surface area (Å²) in [6.07, 6.45) is 9.70. The molecule has 6 unspecified atom stereocenters. The van der Waals surface area contributed by atoms with Crippen LogP contribution in [0.2, 0.25) is 0 Å². The monoisotopic (exact) mass is 1020 g/mol. The van der Waals surface area contributed by atoms with Crippen LogP contribution in [0.15, 0.2) is 170 Å². The highest BCUT2D eigenvalue weighted by molar-refractivity contribution is 5.89. The van der Waals surface area contributed by atoms with Crippen LogP contribution in [0, 0.1) is 13.8 Å². The average molecular weight is 1020 g/mol. The Morgan fingerprint density at radius 3 is 1.24 bits per heavy atom. The Morgan fingerprint density at radius 2 is 0.855 bits per heavy atom. The number of carbonyl (C=O) groups excluding carboxylic acids is 1. The molecule has 6 aromatic rings. The fourth-order valence-electron chi connectivity index (χ4n) is 13.0. The summed E-state index contributed by atoms with van der Waals surface area (Å²) in [6, 6.07) is 47.9. The second-order valence-electron chi connectivity index (χ2n) is 21.8. The Bertz CT molecular complexity index is 2730. The van der Waals surface area contributed by atoms with Crippen LogP contribution in [-0.4, -0.2) is 161 Å². The van der Waals surface area contributed by atoms with Crippen LogP contribution in [-0.2, 0) is 49.7 Å². The SMILES string of the molecule is Cc1ccc(C2c3cccn3CCN2CC(C(=O)C(CN2CCn3cccc3C2c2ccc(C)cc2)N2CCN(C(Cc3ccccc3)C3=COCO3)CC2)N2CCN(C(Cc3ccccc3)C3=COCO3)CC2)cc1. The normalized spacial score (nSPS) is 22.4. The highest BCUT2D eigenvalue weighted by atomic mass is 16.7. The van der Waals surface area contributed by atoms with Gasteiger partial charge in [0.1, 0.15) is 12.5 Å². The van der Waals surface area contributed by atoms with Crippen LogP contribution in [0.3, 0.4) is 0 Å². The number of benzene rings is 4. The van der Waals surface area contributed by atoms with Crippen molar-refractivity contribution in [3.05, 3.63) is 215 Å². The quantitative estimate of drug-likeness (QED) is 0.0845. The van der Waals surface area contributed by atoms with Crippen molar-refractivity contribution in [1.82, 2.24) is 38.5 Å². The summed E-state index contributed by atoms with van der Waals surface area (Å²) >= 11 is 0. The molecule has 4 aromatic carbocycles. The number of hydrogen-bond acceptors (Lipinski definition) is 11. The summed E-state index contributed by atoms with van der Waals surface area (Å²) in [4.78, 5) is 32.3. The van der Waals surface area contributed by atoms with Gasteiger partial charge in [-0.3, -0.25) is 34.2 Å². The van der Waals surface area contributed by atoms with Crippen molar-refractivity contribution < 1.29 is 23.7 Å². The minimum absolute atomic E-state index is 0.0167. The number of hydrogen-bond donors (Lipinski definition) is 0. The van der Waals surface area contributed by atoms with Crippen LogP contribution in [0.25, 0.3) is 0 Å². The topological polar surface area (TPSA) is 83.3 Å². The summed E-state index contributed by atoms with van der Waals surface area (Å²) in [5, 5.41) is 0. The Morgan fingerprint density at radius 1 is 0.461 bits per heavy atom. The Kier molecular flexibility index (Phi) is 15.3. The summed E-state index contributed by atoms with van der Waals surface area (Å²) in [5.74, 6) is 2.08. The van der Waals surface area contributed by atoms with Gasteiger partial charge in [0.15, 0.2) is 17.3 Å². The lowest BCUT2D eigenvalue weighted by Crippen LogP contribution is -2.64. The summed E-state index contributed by atoms with van der Waals surface area (Å²) < 4.78 is 28.5. The molecule has 2 saturated heterocycles. The molecule has 0 amide bonds. The number of rotatable bonds is 18. The zero-order valence-corrected chi connectivity index (χ0v) is 44.3. The maximum absolute atomic E-state index is 16.8. The van der Waals surface area contributed by atoms with E-state index in [9.17, 15) is 0 Å². The van der Waals surface area contributed by atoms with E-state index >= 15 is 4.79 Å². The van der Waals surface area contributed by atoms with Crippen LogP contribution in [0.4, 0.5) is 0 Å². The minimum atomic E-state index is -0.357. The standard InChI is InChI=1S/C63H74N8O5/c1-47-17-21-51(22-18-47)61-53-15-9-25-64(53)35-37-70(61)41-57(68-31-27-66(28-32-68)55(59-43-73-45-75-59)39-49-11-5-3-6-12-49)63(72)58(42-71-38-36-65-26-10-16-54(65)62(71)52-23-19-48(2)20-24-52)69-33-29-67(30-34-69)56(60-44-74-46-76-60)40-50-13-7-4-8-14-50/h3-26,43-44,55-58,61-62H,27-42,45-46H2,1-2H3. The zero-order valence-electron chi connectivity index (χ0n) is 44.3. The molecule has 0 bridgehead atoms. The van der Waals surface area contributed by atoms with Crippen molar-refractivity contribution in [2.45, 2.75) is 76.0 Å². The van der Waals surface area contributed by atoms with Crippen molar-refractivity contribution in [3.63, 3.8) is 0 Å². The van der Waals surface area contributed by atoms with E-state index in [0.29, 0.717) is 18.9 Å². The van der Waals surface area contributed by atoms with Gasteiger partial charge < -0.3 is 28.1 Å². The molecule has 0 aliphatic carbocycles. The summed E-state index contributed by atoms with van der Waals surface area (Å²) in [6.45, 7) is 15.8. The van der Waals surface area contributed by atoms with Gasteiger partial charge in [-0.05, 0) is 73.2 Å². The number of aromatic nitrogens is 2. The van der Waals surface area contributed by atoms with Gasteiger partial charge in [0.25, 0.3) is 0 Å². The highest BCUT2D eigenvalue weighted by Crippen LogP contribution is 2.37. The van der Waals surface area contributed by atoms with Crippen molar-refractivity contribution in [1.29, 1.82) is 0 Å². The third-order valence-electron chi connectivity index (χ3n) is 17.2. The summed E-state index contributed by atoms with van der Waals surface area (Å²) in [5.41, 5.74) is 10.1. The lowest BCUT2D eigenvalue weighted by molar-refractivity contribution is -0.134. The minimum Gasteiger partial charge on any atom is -0.462 e. The number of ether oxygens (including phenoxy) is 4. The molecule has 8 heterocycles. The molecule has 0 radical (unpaired) electrons. The Hall–Kier alpha value is -6.45. The molecule has 396 valence electrons. The molecular weight excluding hydrogens is 949 g/mol. The van der Waals surface area contributed by atoms with Crippen molar-refractivity contribution in [3.8, 4) is 0 Å². The predicted octanol–water partition coefficient (Wildman–Crippen LogP) is 7.87. The van der Waals surface area contributed by atoms with Crippen LogP contribution < -0.4 is 0 Å². The zero-order chi connectivity index (χ0) is 51.4. The van der Waals surface area contributed by atoms with Crippen LogP contribution in [0.1, 0.15) is 56.9 Å². The first-order valence-electron chi connectivity index (χ1n) is 27.8. The number of fused-ring (bicyclic) bond motifs is 2. The van der Waals surface area contributed by atoms with Crippen molar-refractivity contribution in [2.24, 2.45) is 0 Å². The first-order chi connectivity index (χ1) is 37.4. The third-order valence-corrected chi connectivity index (χ3v) is 17.2. The molecular formula is C63H74N8O5. The first kappa shape index (κ1) is 50.4. The number of Topliss-reactive ketones (excluding diaryl/α,β-unsaturated/α-hetero) is 1. The summed E-state index contributed by atoms with van der Waals surface area (Å²) in [7, 11) is 0. The number of nitrogens with zero attached hydrogens (tertiary/aromatic N) is 8. The molecule has 13 nitrogen and oxygen atoms in total. The molecule has 0 N–H and O–H groups in total. The first-order valence-corrected chi connectivity index (χ1v) is 27.8. The van der Waals surface area contributed by atoms with Gasteiger partial charge in [0, 0.05) is 115 Å². The molecule has 0 saturated carbocycles. The number of carbonyl (C=O) groups is 1. The van der Waals surface area contributed by atoms with Gasteiger partial charge in [-0.1, -0.05) is 120 Å². The van der Waals surface area contributed by atoms with Crippen molar-refractivity contribution in [2.75, 3.05) is 92.1 Å². The van der Waals surface area contributed by atoms with Gasteiger partial charge in [-0.15, -0.1) is 0 Å². The van der Waals surface area contributed by atoms with Crippen LogP contribution >= 0.6 is 0 Å². The van der Waals surface area contributed by atoms with Gasteiger partial charge in [-0.2, -0.15) is 0 Å². The van der Waals surface area contributed by atoms with E-state index in [1.165, 1.54) is 44.8 Å². The van der Waals surface area contributed by atoms with E-state index in [1.807, 2.05) is 12.5 Å². The smallest absolute Gasteiger partial charge is 0.229 e. The lowest BCUT2D eigenvalue weighted by atomic mass is 9.93. The number of ketones is 1. The van der Waals surface area contributed by atoms with E-state index in [1.54, 1.807) is 0 Å². The van der Waals surface area contributed by atoms with E-state index in [2.05, 4.69) is 198 Å². The largest absolute Gasteiger partial charge is 0.462 e. The second kappa shape index (κ2) is 23.0. The van der Waals surface area contributed by atoms with Crippen LogP contribution in [0.5, 0.6) is 0 Å². The maximum atomic E-state index is 16.8. The molecule has 13 heteroatoms. The lowest BCUT2D eigenvalue weighted by Gasteiger charge is -2.48. The van der Waals surface area contributed by atoms with E-state index in [4.69, 9.17) is 18.9 Å². The molecule has 6 aliphatic heterocycles. The highest BCUT2D eigenvalue weighted by Gasteiger charge is 2.44. The molecule has 6 atom stereocenters. The maximum Gasteiger partial charge on any atom is 0.229 e. The molecule has 2 fully saturated rings. The number of aryl methyl sites for hydroxylation is 2. The number of piperazine rings is 2. The average Bonchev–Trinajstić information content (AvgIpc) is 4.36. The Labute approximate surface area is 449 Å². The second-order valence-corrected chi connectivity index (χ2v) is 21.8. The molecule has 0 spiro atoms. The molecule has 6 aliphatic rings. The van der Waals surface area contributed by atoms with Gasteiger partial charge in [-0.25, -0.2) is 0 Å². The Balaban J connectivity index is 0.892. The fourth-order valence-corrected chi connectivity index (χ4v) is 13.0. The van der Waals surface area contributed by atoms with E-state index in [0.717, 1.165) is 103 Å². The van der Waals surface area contributed by atoms with E-state index in [-0.39, 0.29) is 49.8 Å². The molecule has 76 heavy (non-hydrogen) atoms. The van der Waals surface area contributed by atoms with Gasteiger partial charge in [0.05, 0.1) is 36.3 Å².